The second kappa shape index (κ2) is 9.12. The van der Waals surface area contributed by atoms with E-state index in [0.29, 0.717) is 11.6 Å². The quantitative estimate of drug-likeness (QED) is 0.410. The predicted molar refractivity (Wildman–Crippen MR) is 121 cm³/mol. The molecule has 11 heteroatoms. The van der Waals surface area contributed by atoms with E-state index in [0.717, 1.165) is 43.2 Å². The van der Waals surface area contributed by atoms with Gasteiger partial charge in [0.2, 0.25) is 0 Å². The molecule has 5 rings (SSSR count). The number of nitrogens with zero attached hydrogens (tertiary/aromatic N) is 4. The fraction of sp³-hybridized carbons (Fsp3) is 0.458. The molecule has 0 aliphatic carbocycles. The van der Waals surface area contributed by atoms with Crippen molar-refractivity contribution >= 4 is 17.2 Å². The van der Waals surface area contributed by atoms with E-state index in [1.807, 2.05) is 6.07 Å². The van der Waals surface area contributed by atoms with Crippen molar-refractivity contribution in [1.82, 2.24) is 19.5 Å². The summed E-state index contributed by atoms with van der Waals surface area (Å²) in [7, 11) is 2.10. The van der Waals surface area contributed by atoms with Gasteiger partial charge in [0.15, 0.2) is 6.23 Å². The third-order valence-corrected chi connectivity index (χ3v) is 6.39. The summed E-state index contributed by atoms with van der Waals surface area (Å²) in [6.45, 7) is 3.93. The van der Waals surface area contributed by atoms with Gasteiger partial charge in [0.1, 0.15) is 17.4 Å². The van der Waals surface area contributed by atoms with Crippen molar-refractivity contribution in [3.63, 3.8) is 0 Å². The normalized spacial score (nSPS) is 21.3. The number of ether oxygens (including phenoxy) is 2. The van der Waals surface area contributed by atoms with Crippen molar-refractivity contribution in [2.75, 3.05) is 32.1 Å². The van der Waals surface area contributed by atoms with Crippen LogP contribution >= 0.6 is 0 Å². The summed E-state index contributed by atoms with van der Waals surface area (Å²) in [6.07, 6.45) is -2.19. The molecule has 0 spiro atoms. The molecule has 8 nitrogen and oxygen atoms in total. The molecule has 2 atom stereocenters. The minimum Gasteiger partial charge on any atom is -0.462 e. The van der Waals surface area contributed by atoms with Crippen LogP contribution in [0.4, 0.5) is 18.9 Å². The van der Waals surface area contributed by atoms with Gasteiger partial charge >= 0.3 is 12.1 Å². The highest BCUT2D eigenvalue weighted by atomic mass is 19.4. The number of hydrogen-bond donors (Lipinski definition) is 1. The first-order valence-corrected chi connectivity index (χ1v) is 11.6. The van der Waals surface area contributed by atoms with Crippen LogP contribution in [-0.2, 0) is 15.7 Å². The van der Waals surface area contributed by atoms with Gasteiger partial charge in [0.25, 0.3) is 0 Å². The number of aromatic nitrogens is 3. The molecule has 0 radical (unpaired) electrons. The molecule has 2 unspecified atom stereocenters. The number of carbonyl (C=O) groups excluding carboxylic acids is 1. The van der Waals surface area contributed by atoms with Crippen molar-refractivity contribution in [3.05, 3.63) is 59.2 Å². The molecule has 0 aromatic carbocycles. The first-order valence-electron chi connectivity index (χ1n) is 11.6. The number of likely N-dealkylation sites (tertiary alicyclic amines) is 1. The van der Waals surface area contributed by atoms with Crippen molar-refractivity contribution in [2.24, 2.45) is 0 Å². The lowest BCUT2D eigenvalue weighted by molar-refractivity contribution is -0.141. The molecular weight excluding hydrogens is 463 g/mol. The summed E-state index contributed by atoms with van der Waals surface area (Å²) >= 11 is 0. The highest BCUT2D eigenvalue weighted by molar-refractivity contribution is 5.96. The van der Waals surface area contributed by atoms with Crippen molar-refractivity contribution in [2.45, 2.75) is 44.2 Å². The molecule has 5 heterocycles. The van der Waals surface area contributed by atoms with E-state index in [4.69, 9.17) is 14.6 Å². The Morgan fingerprint density at radius 2 is 2.00 bits per heavy atom. The lowest BCUT2D eigenvalue weighted by Gasteiger charge is -2.27. The van der Waals surface area contributed by atoms with Gasteiger partial charge < -0.3 is 19.7 Å². The van der Waals surface area contributed by atoms with E-state index in [9.17, 15) is 18.0 Å². The molecule has 1 N–H and O–H groups in total. The van der Waals surface area contributed by atoms with E-state index in [2.05, 4.69) is 22.2 Å². The summed E-state index contributed by atoms with van der Waals surface area (Å²) in [5, 5.41) is 7.84. The number of esters is 1. The number of piperidine rings is 1. The lowest BCUT2D eigenvalue weighted by atomic mass is 9.94. The molecule has 35 heavy (non-hydrogen) atoms. The van der Waals surface area contributed by atoms with Gasteiger partial charge in [-0.3, -0.25) is 0 Å². The Kier molecular flexibility index (Phi) is 6.14. The number of anilines is 1. The first-order chi connectivity index (χ1) is 16.7. The van der Waals surface area contributed by atoms with Crippen LogP contribution in [0.2, 0.25) is 0 Å². The number of carbonyl (C=O) groups is 1. The Morgan fingerprint density at radius 3 is 2.71 bits per heavy atom. The number of halogens is 3. The zero-order valence-corrected chi connectivity index (χ0v) is 19.4. The number of nitrogens with one attached hydrogen (secondary N) is 1. The number of alkyl halides is 3. The molecule has 2 saturated heterocycles. The maximum absolute atomic E-state index is 13.0. The van der Waals surface area contributed by atoms with Crippen LogP contribution in [-0.4, -0.2) is 58.4 Å². The Labute approximate surface area is 200 Å². The monoisotopic (exact) mass is 489 g/mol. The summed E-state index contributed by atoms with van der Waals surface area (Å²) in [6, 6.07) is 7.51. The highest BCUT2D eigenvalue weighted by Crippen LogP contribution is 2.40. The third-order valence-electron chi connectivity index (χ3n) is 6.39. The minimum atomic E-state index is -4.54. The average Bonchev–Trinajstić information content (AvgIpc) is 3.46. The molecule has 0 bridgehead atoms. The van der Waals surface area contributed by atoms with Crippen molar-refractivity contribution < 1.29 is 27.4 Å². The second-order valence-corrected chi connectivity index (χ2v) is 8.90. The SMILES string of the molecule is CCOC(=O)c1cn2nc(C3CCN(C)CC3)cc2cc1NC1OC1c1cccc(C(F)(F)F)n1. The van der Waals surface area contributed by atoms with Gasteiger partial charge in [-0.05, 0) is 64.2 Å². The van der Waals surface area contributed by atoms with Crippen LogP contribution in [0.25, 0.3) is 5.52 Å². The highest BCUT2D eigenvalue weighted by Gasteiger charge is 2.43. The zero-order chi connectivity index (χ0) is 24.7. The Bertz CT molecular complexity index is 1240. The van der Waals surface area contributed by atoms with E-state index in [1.54, 1.807) is 23.7 Å². The topological polar surface area (TPSA) is 84.3 Å². The number of rotatable bonds is 6. The fourth-order valence-corrected chi connectivity index (χ4v) is 4.42. The number of epoxide rings is 1. The molecule has 2 aliphatic heterocycles. The van der Waals surface area contributed by atoms with E-state index in [-0.39, 0.29) is 17.9 Å². The summed E-state index contributed by atoms with van der Waals surface area (Å²) < 4.78 is 51.6. The lowest BCUT2D eigenvalue weighted by Crippen LogP contribution is -2.29. The second-order valence-electron chi connectivity index (χ2n) is 8.90. The predicted octanol–water partition coefficient (Wildman–Crippen LogP) is 4.24. The Hall–Kier alpha value is -3.18. The number of pyridine rings is 2. The minimum absolute atomic E-state index is 0.171. The molecule has 0 saturated carbocycles. The van der Waals surface area contributed by atoms with Crippen LogP contribution < -0.4 is 5.32 Å². The molecule has 2 aliphatic rings. The Morgan fingerprint density at radius 1 is 1.23 bits per heavy atom. The smallest absolute Gasteiger partial charge is 0.433 e. The van der Waals surface area contributed by atoms with Gasteiger partial charge in [-0.25, -0.2) is 14.3 Å². The summed E-state index contributed by atoms with van der Waals surface area (Å²) in [5.41, 5.74) is 1.69. The summed E-state index contributed by atoms with van der Waals surface area (Å²) in [5.74, 6) is -0.181. The molecular formula is C24H26F3N5O3. The van der Waals surface area contributed by atoms with E-state index in [1.165, 1.54) is 12.1 Å². The standard InChI is InChI=1S/C24H26F3N5O3/c1-3-34-23(33)16-13-32-15(11-18(30-32)14-7-9-31(2)10-8-14)12-19(16)29-22-21(35-22)17-5-4-6-20(28-17)24(25,26)27/h4-6,11-14,21-22,29H,3,7-10H2,1-2H3. The maximum atomic E-state index is 13.0. The van der Waals surface area contributed by atoms with Gasteiger partial charge in [-0.15, -0.1) is 0 Å². The van der Waals surface area contributed by atoms with Crippen LogP contribution in [0, 0.1) is 0 Å². The molecule has 3 aromatic heterocycles. The Balaban J connectivity index is 1.40. The molecule has 3 aromatic rings. The molecule has 186 valence electrons. The zero-order valence-electron chi connectivity index (χ0n) is 19.4. The fourth-order valence-electron chi connectivity index (χ4n) is 4.42. The van der Waals surface area contributed by atoms with Gasteiger partial charge in [0.05, 0.1) is 29.2 Å². The molecule has 2 fully saturated rings. The van der Waals surface area contributed by atoms with Crippen molar-refractivity contribution in [1.29, 1.82) is 0 Å². The number of fused-ring (bicyclic) bond motifs is 1. The first kappa shape index (κ1) is 23.6. The van der Waals surface area contributed by atoms with Crippen molar-refractivity contribution in [3.8, 4) is 0 Å². The third kappa shape index (κ3) is 4.96. The van der Waals surface area contributed by atoms with Gasteiger partial charge in [0, 0.05) is 12.1 Å². The van der Waals surface area contributed by atoms with Crippen LogP contribution in [0.15, 0.2) is 36.5 Å². The van der Waals surface area contributed by atoms with Gasteiger partial charge in [-0.2, -0.15) is 18.3 Å². The largest absolute Gasteiger partial charge is 0.462 e. The van der Waals surface area contributed by atoms with Gasteiger partial charge in [-0.1, -0.05) is 6.07 Å². The summed E-state index contributed by atoms with van der Waals surface area (Å²) in [4.78, 5) is 18.7. The van der Waals surface area contributed by atoms with Crippen LogP contribution in [0.3, 0.4) is 0 Å². The van der Waals surface area contributed by atoms with E-state index >= 15 is 0 Å². The van der Waals surface area contributed by atoms with E-state index < -0.39 is 30.2 Å². The average molecular weight is 489 g/mol. The van der Waals surface area contributed by atoms with Crippen LogP contribution in [0.1, 0.15) is 59.2 Å². The maximum Gasteiger partial charge on any atom is 0.433 e. The van der Waals surface area contributed by atoms with Crippen LogP contribution in [0.5, 0.6) is 0 Å². The molecule has 0 amide bonds. The number of hydrogen-bond acceptors (Lipinski definition) is 7.